The van der Waals surface area contributed by atoms with E-state index in [-0.39, 0.29) is 0 Å². The van der Waals surface area contributed by atoms with Crippen LogP contribution in [0.1, 0.15) is 0 Å². The third-order valence-corrected chi connectivity index (χ3v) is 3.12. The molecule has 0 aromatic carbocycles. The zero-order valence-electron chi connectivity index (χ0n) is 9.78. The Labute approximate surface area is 97.1 Å². The van der Waals surface area contributed by atoms with Crippen LogP contribution < -0.4 is 0 Å². The molecule has 0 spiro atoms. The van der Waals surface area contributed by atoms with Crippen molar-refractivity contribution in [2.45, 2.75) is 0 Å². The van der Waals surface area contributed by atoms with E-state index in [1.54, 1.807) is 0 Å². The maximum Gasteiger partial charge on any atom is 0.0642 e. The highest BCUT2D eigenvalue weighted by Crippen LogP contribution is 2.18. The van der Waals surface area contributed by atoms with Crippen LogP contribution in [0.4, 0.5) is 0 Å². The summed E-state index contributed by atoms with van der Waals surface area (Å²) in [4.78, 5) is 4.50. The summed E-state index contributed by atoms with van der Waals surface area (Å²) < 4.78 is 10.7. The van der Waals surface area contributed by atoms with E-state index >= 15 is 0 Å². The first-order valence-electron chi connectivity index (χ1n) is 5.82. The molecule has 0 atom stereocenters. The second kappa shape index (κ2) is 5.37. The van der Waals surface area contributed by atoms with Crippen LogP contribution >= 0.6 is 0 Å². The van der Waals surface area contributed by atoms with Crippen molar-refractivity contribution in [3.63, 3.8) is 0 Å². The van der Waals surface area contributed by atoms with Gasteiger partial charge in [0.1, 0.15) is 0 Å². The van der Waals surface area contributed by atoms with Gasteiger partial charge in [0.2, 0.25) is 0 Å². The Balaban J connectivity index is 1.89. The molecule has 2 heterocycles. The van der Waals surface area contributed by atoms with E-state index in [1.165, 1.54) is 0 Å². The Morgan fingerprint density at radius 3 is 1.31 bits per heavy atom. The first-order chi connectivity index (χ1) is 7.79. The van der Waals surface area contributed by atoms with Gasteiger partial charge in [0.15, 0.2) is 0 Å². The molecule has 16 heavy (non-hydrogen) atoms. The third-order valence-electron chi connectivity index (χ3n) is 3.12. The zero-order chi connectivity index (χ0) is 11.4. The third kappa shape index (κ3) is 2.57. The second-order valence-corrected chi connectivity index (χ2v) is 4.09. The van der Waals surface area contributed by atoms with E-state index in [2.05, 4.69) is 23.0 Å². The van der Waals surface area contributed by atoms with Crippen LogP contribution in [-0.4, -0.2) is 62.4 Å². The largest absolute Gasteiger partial charge is 0.378 e. The number of ether oxygens (including phenoxy) is 2. The lowest BCUT2D eigenvalue weighted by Crippen LogP contribution is -2.41. The average Bonchev–Trinajstić information content (AvgIpc) is 2.39. The van der Waals surface area contributed by atoms with Crippen LogP contribution in [-0.2, 0) is 9.47 Å². The van der Waals surface area contributed by atoms with Crippen molar-refractivity contribution >= 4 is 0 Å². The highest BCUT2D eigenvalue weighted by Gasteiger charge is 2.19. The second-order valence-electron chi connectivity index (χ2n) is 4.09. The van der Waals surface area contributed by atoms with Gasteiger partial charge in [-0.15, -0.1) is 0 Å². The summed E-state index contributed by atoms with van der Waals surface area (Å²) in [6.45, 7) is 15.1. The van der Waals surface area contributed by atoms with E-state index in [9.17, 15) is 0 Å². The molecule has 4 heteroatoms. The summed E-state index contributed by atoms with van der Waals surface area (Å²) >= 11 is 0. The fourth-order valence-electron chi connectivity index (χ4n) is 2.03. The normalized spacial score (nSPS) is 22.0. The molecule has 2 fully saturated rings. The highest BCUT2D eigenvalue weighted by atomic mass is 16.5. The monoisotopic (exact) mass is 224 g/mol. The number of rotatable bonds is 3. The molecule has 2 aliphatic heterocycles. The standard InChI is InChI=1S/C12H20N2O2/c1-11(13-3-7-15-8-4-13)12(2)14-5-9-16-10-6-14/h1-10H2. The Hall–Kier alpha value is -1.00. The summed E-state index contributed by atoms with van der Waals surface area (Å²) in [6.07, 6.45) is 0. The van der Waals surface area contributed by atoms with Crippen molar-refractivity contribution in [2.24, 2.45) is 0 Å². The Morgan fingerprint density at radius 2 is 1.00 bits per heavy atom. The predicted molar refractivity (Wildman–Crippen MR) is 63.1 cm³/mol. The summed E-state index contributed by atoms with van der Waals surface area (Å²) in [7, 11) is 0. The Morgan fingerprint density at radius 1 is 0.688 bits per heavy atom. The molecule has 0 aliphatic carbocycles. The van der Waals surface area contributed by atoms with Gasteiger partial charge in [-0.25, -0.2) is 0 Å². The smallest absolute Gasteiger partial charge is 0.0642 e. The number of morpholine rings is 2. The molecule has 90 valence electrons. The van der Waals surface area contributed by atoms with Crippen molar-refractivity contribution in [3.05, 3.63) is 24.6 Å². The quantitative estimate of drug-likeness (QED) is 0.658. The lowest BCUT2D eigenvalue weighted by molar-refractivity contribution is 0.0411. The van der Waals surface area contributed by atoms with Gasteiger partial charge < -0.3 is 19.3 Å². The topological polar surface area (TPSA) is 24.9 Å². The van der Waals surface area contributed by atoms with E-state index < -0.39 is 0 Å². The minimum atomic E-state index is 0.787. The summed E-state index contributed by atoms with van der Waals surface area (Å²) in [5.41, 5.74) is 2.07. The van der Waals surface area contributed by atoms with Crippen LogP contribution in [0.25, 0.3) is 0 Å². The molecule has 0 aromatic rings. The minimum absolute atomic E-state index is 0.787. The van der Waals surface area contributed by atoms with Gasteiger partial charge in [-0.05, 0) is 0 Å². The molecular formula is C12H20N2O2. The molecular weight excluding hydrogens is 204 g/mol. The Kier molecular flexibility index (Phi) is 3.85. The van der Waals surface area contributed by atoms with Crippen molar-refractivity contribution < 1.29 is 9.47 Å². The van der Waals surface area contributed by atoms with Gasteiger partial charge in [0.25, 0.3) is 0 Å². The van der Waals surface area contributed by atoms with Crippen molar-refractivity contribution in [2.75, 3.05) is 52.6 Å². The fourth-order valence-corrected chi connectivity index (χ4v) is 2.03. The lowest BCUT2D eigenvalue weighted by Gasteiger charge is -2.37. The molecule has 0 bridgehead atoms. The minimum Gasteiger partial charge on any atom is -0.378 e. The average molecular weight is 224 g/mol. The van der Waals surface area contributed by atoms with Crippen LogP contribution in [0.2, 0.25) is 0 Å². The first kappa shape index (κ1) is 11.5. The molecule has 2 saturated heterocycles. The van der Waals surface area contributed by atoms with Gasteiger partial charge in [-0.1, -0.05) is 13.2 Å². The molecule has 0 radical (unpaired) electrons. The van der Waals surface area contributed by atoms with Crippen LogP contribution in [0, 0.1) is 0 Å². The van der Waals surface area contributed by atoms with Crippen molar-refractivity contribution in [1.29, 1.82) is 0 Å². The van der Waals surface area contributed by atoms with Crippen molar-refractivity contribution in [1.82, 2.24) is 9.80 Å². The molecule has 0 saturated carbocycles. The van der Waals surface area contributed by atoms with E-state index in [0.29, 0.717) is 0 Å². The number of nitrogens with zero attached hydrogens (tertiary/aromatic N) is 2. The fraction of sp³-hybridized carbons (Fsp3) is 0.667. The Bertz CT molecular complexity index is 238. The predicted octanol–water partition coefficient (Wildman–Crippen LogP) is 0.678. The van der Waals surface area contributed by atoms with Crippen LogP contribution in [0.15, 0.2) is 24.6 Å². The van der Waals surface area contributed by atoms with Gasteiger partial charge in [0, 0.05) is 26.2 Å². The van der Waals surface area contributed by atoms with Gasteiger partial charge in [-0.2, -0.15) is 0 Å². The summed E-state index contributed by atoms with van der Waals surface area (Å²) in [5, 5.41) is 0. The van der Waals surface area contributed by atoms with Gasteiger partial charge >= 0.3 is 0 Å². The zero-order valence-corrected chi connectivity index (χ0v) is 9.78. The molecule has 2 aliphatic rings. The van der Waals surface area contributed by atoms with E-state index in [0.717, 1.165) is 64.0 Å². The molecule has 2 rings (SSSR count). The molecule has 0 N–H and O–H groups in total. The highest BCUT2D eigenvalue weighted by molar-refractivity contribution is 5.23. The maximum absolute atomic E-state index is 5.33. The SMILES string of the molecule is C=C(C(=C)N1CCOCC1)N1CCOCC1. The number of hydrogen-bond donors (Lipinski definition) is 0. The van der Waals surface area contributed by atoms with Crippen molar-refractivity contribution in [3.8, 4) is 0 Å². The summed E-state index contributed by atoms with van der Waals surface area (Å²) in [6, 6.07) is 0. The maximum atomic E-state index is 5.33. The first-order valence-corrected chi connectivity index (χ1v) is 5.82. The van der Waals surface area contributed by atoms with Gasteiger partial charge in [-0.3, -0.25) is 0 Å². The lowest BCUT2D eigenvalue weighted by atomic mass is 10.2. The van der Waals surface area contributed by atoms with E-state index in [1.807, 2.05) is 0 Å². The van der Waals surface area contributed by atoms with Gasteiger partial charge in [0.05, 0.1) is 37.8 Å². The number of hydrogen-bond acceptors (Lipinski definition) is 4. The molecule has 0 amide bonds. The summed E-state index contributed by atoms with van der Waals surface area (Å²) in [5.74, 6) is 0. The van der Waals surface area contributed by atoms with E-state index in [4.69, 9.17) is 9.47 Å². The van der Waals surface area contributed by atoms with Crippen LogP contribution in [0.5, 0.6) is 0 Å². The molecule has 4 nitrogen and oxygen atoms in total. The van der Waals surface area contributed by atoms with Crippen LogP contribution in [0.3, 0.4) is 0 Å². The molecule has 0 aromatic heterocycles. The molecule has 0 unspecified atom stereocenters.